The Morgan fingerprint density at radius 1 is 1.19 bits per heavy atom. The van der Waals surface area contributed by atoms with Gasteiger partial charge in [-0.2, -0.15) is 0 Å². The second-order valence-corrected chi connectivity index (χ2v) is 7.40. The molecule has 1 saturated heterocycles. The average Bonchev–Trinajstić information content (AvgIpc) is 3.15. The number of amides is 3. The van der Waals surface area contributed by atoms with Gasteiger partial charge >= 0.3 is 0 Å². The molecule has 2 heterocycles. The number of nitrogens with one attached hydrogen (secondary N) is 1. The summed E-state index contributed by atoms with van der Waals surface area (Å²) in [5, 5.41) is 4.82. The van der Waals surface area contributed by atoms with Crippen molar-refractivity contribution in [1.82, 2.24) is 9.88 Å². The largest absolute Gasteiger partial charge is 0.369 e. The van der Waals surface area contributed by atoms with Gasteiger partial charge in [-0.25, -0.2) is 4.98 Å². The van der Waals surface area contributed by atoms with E-state index in [4.69, 9.17) is 5.73 Å². The Morgan fingerprint density at radius 2 is 1.89 bits per heavy atom. The van der Waals surface area contributed by atoms with Crippen molar-refractivity contribution < 1.29 is 14.4 Å². The molecule has 1 aliphatic heterocycles. The van der Waals surface area contributed by atoms with E-state index in [1.54, 1.807) is 10.3 Å². The van der Waals surface area contributed by atoms with E-state index in [0.29, 0.717) is 49.6 Å². The van der Waals surface area contributed by atoms with Crippen LogP contribution >= 0.6 is 11.3 Å². The van der Waals surface area contributed by atoms with Crippen LogP contribution in [0, 0.1) is 5.92 Å². The lowest BCUT2D eigenvalue weighted by molar-refractivity contribution is -0.123. The zero-order valence-electron chi connectivity index (χ0n) is 14.9. The monoisotopic (exact) mass is 386 g/mol. The van der Waals surface area contributed by atoms with Gasteiger partial charge in [0, 0.05) is 30.8 Å². The van der Waals surface area contributed by atoms with Gasteiger partial charge in [-0.15, -0.1) is 11.3 Å². The van der Waals surface area contributed by atoms with Crippen LogP contribution in [0.3, 0.4) is 0 Å². The minimum Gasteiger partial charge on any atom is -0.369 e. The molecule has 0 radical (unpaired) electrons. The molecule has 3 rings (SSSR count). The van der Waals surface area contributed by atoms with Crippen molar-refractivity contribution in [2.75, 3.05) is 18.4 Å². The third-order valence-corrected chi connectivity index (χ3v) is 5.40. The number of aromatic nitrogens is 1. The molecule has 0 spiro atoms. The number of hydrogen-bond acceptors (Lipinski definition) is 5. The van der Waals surface area contributed by atoms with Crippen LogP contribution in [0.1, 0.15) is 35.3 Å². The number of nitrogens with two attached hydrogens (primary N) is 1. The molecule has 2 aromatic rings. The predicted octanol–water partition coefficient (Wildman–Crippen LogP) is 2.05. The lowest BCUT2D eigenvalue weighted by Gasteiger charge is -2.29. The van der Waals surface area contributed by atoms with Crippen molar-refractivity contribution in [3.8, 4) is 0 Å². The van der Waals surface area contributed by atoms with Crippen LogP contribution in [-0.2, 0) is 16.0 Å². The van der Waals surface area contributed by atoms with E-state index in [0.717, 1.165) is 5.56 Å². The van der Waals surface area contributed by atoms with E-state index in [2.05, 4.69) is 10.3 Å². The van der Waals surface area contributed by atoms with Crippen LogP contribution in [0.2, 0.25) is 0 Å². The van der Waals surface area contributed by atoms with Gasteiger partial charge in [-0.1, -0.05) is 30.3 Å². The van der Waals surface area contributed by atoms with Crippen LogP contribution in [0.4, 0.5) is 5.13 Å². The zero-order chi connectivity index (χ0) is 19.2. The fourth-order valence-corrected chi connectivity index (χ4v) is 3.74. The molecule has 3 N–H and O–H groups in total. The fraction of sp³-hybridized carbons (Fsp3) is 0.368. The van der Waals surface area contributed by atoms with Gasteiger partial charge in [0.05, 0.1) is 0 Å². The maximum Gasteiger partial charge on any atom is 0.273 e. The number of carbonyl (C=O) groups excluding carboxylic acids is 3. The van der Waals surface area contributed by atoms with E-state index >= 15 is 0 Å². The summed E-state index contributed by atoms with van der Waals surface area (Å²) in [6.07, 6.45) is 2.16. The Hall–Kier alpha value is -2.74. The summed E-state index contributed by atoms with van der Waals surface area (Å²) >= 11 is 1.23. The first-order valence-corrected chi connectivity index (χ1v) is 9.79. The Balaban J connectivity index is 1.50. The first-order chi connectivity index (χ1) is 13.0. The van der Waals surface area contributed by atoms with E-state index in [9.17, 15) is 14.4 Å². The summed E-state index contributed by atoms with van der Waals surface area (Å²) in [6.45, 7) is 0.978. The highest BCUT2D eigenvalue weighted by molar-refractivity contribution is 7.14. The smallest absolute Gasteiger partial charge is 0.273 e. The van der Waals surface area contributed by atoms with E-state index in [1.807, 2.05) is 30.3 Å². The molecule has 3 amide bonds. The Kier molecular flexibility index (Phi) is 6.18. The first kappa shape index (κ1) is 19.0. The normalized spacial score (nSPS) is 14.7. The van der Waals surface area contributed by atoms with Crippen molar-refractivity contribution in [2.24, 2.45) is 11.7 Å². The number of piperidine rings is 1. The molecule has 142 valence electrons. The number of hydrogen-bond donors (Lipinski definition) is 2. The van der Waals surface area contributed by atoms with Crippen molar-refractivity contribution >= 4 is 34.2 Å². The SMILES string of the molecule is NC(=O)C1CCN(C(=O)c2csc(NC(=O)CCc3ccccc3)n2)CC1. The number of rotatable bonds is 6. The number of primary amides is 1. The molecule has 1 fully saturated rings. The number of anilines is 1. The number of aryl methyl sites for hydroxylation is 1. The van der Waals surface area contributed by atoms with Crippen molar-refractivity contribution in [3.05, 3.63) is 47.0 Å². The summed E-state index contributed by atoms with van der Waals surface area (Å²) < 4.78 is 0. The average molecular weight is 386 g/mol. The second kappa shape index (κ2) is 8.77. The summed E-state index contributed by atoms with van der Waals surface area (Å²) in [6, 6.07) is 9.79. The maximum atomic E-state index is 12.5. The predicted molar refractivity (Wildman–Crippen MR) is 103 cm³/mol. The Bertz CT molecular complexity index is 813. The van der Waals surface area contributed by atoms with E-state index < -0.39 is 0 Å². The lowest BCUT2D eigenvalue weighted by atomic mass is 9.96. The fourth-order valence-electron chi connectivity index (χ4n) is 3.04. The third-order valence-electron chi connectivity index (χ3n) is 4.64. The van der Waals surface area contributed by atoms with Crippen LogP contribution < -0.4 is 11.1 Å². The van der Waals surface area contributed by atoms with Gasteiger partial charge in [0.25, 0.3) is 5.91 Å². The Morgan fingerprint density at radius 3 is 2.56 bits per heavy atom. The van der Waals surface area contributed by atoms with Gasteiger partial charge < -0.3 is 16.0 Å². The van der Waals surface area contributed by atoms with Crippen LogP contribution in [0.25, 0.3) is 0 Å². The van der Waals surface area contributed by atoms with Gasteiger partial charge in [0.2, 0.25) is 11.8 Å². The minimum absolute atomic E-state index is 0.130. The summed E-state index contributed by atoms with van der Waals surface area (Å²) in [4.78, 5) is 41.7. The number of likely N-dealkylation sites (tertiary alicyclic amines) is 1. The molecule has 0 saturated carbocycles. The van der Waals surface area contributed by atoms with Crippen LogP contribution in [0.5, 0.6) is 0 Å². The minimum atomic E-state index is -0.309. The highest BCUT2D eigenvalue weighted by Crippen LogP contribution is 2.21. The number of carbonyl (C=O) groups is 3. The van der Waals surface area contributed by atoms with E-state index in [-0.39, 0.29) is 23.6 Å². The highest BCUT2D eigenvalue weighted by atomic mass is 32.1. The van der Waals surface area contributed by atoms with Gasteiger partial charge in [-0.05, 0) is 24.8 Å². The molecule has 0 atom stereocenters. The molecule has 7 nitrogen and oxygen atoms in total. The van der Waals surface area contributed by atoms with Gasteiger partial charge in [0.1, 0.15) is 5.69 Å². The standard InChI is InChI=1S/C19H22N4O3S/c20-17(25)14-8-10-23(11-9-14)18(26)15-12-27-19(21-15)22-16(24)7-6-13-4-2-1-3-5-13/h1-5,12,14H,6-11H2,(H2,20,25)(H,21,22,24). The molecule has 8 heteroatoms. The molecular weight excluding hydrogens is 364 g/mol. The topological polar surface area (TPSA) is 105 Å². The molecule has 0 aliphatic carbocycles. The third kappa shape index (κ3) is 5.13. The number of nitrogens with zero attached hydrogens (tertiary/aromatic N) is 2. The van der Waals surface area contributed by atoms with Crippen molar-refractivity contribution in [1.29, 1.82) is 0 Å². The highest BCUT2D eigenvalue weighted by Gasteiger charge is 2.27. The molecule has 1 aliphatic rings. The van der Waals surface area contributed by atoms with Gasteiger partial charge in [0.15, 0.2) is 5.13 Å². The Labute approximate surface area is 161 Å². The van der Waals surface area contributed by atoms with Crippen LogP contribution in [0.15, 0.2) is 35.7 Å². The lowest BCUT2D eigenvalue weighted by Crippen LogP contribution is -2.41. The van der Waals surface area contributed by atoms with Crippen molar-refractivity contribution in [3.63, 3.8) is 0 Å². The number of benzene rings is 1. The van der Waals surface area contributed by atoms with Gasteiger partial charge in [-0.3, -0.25) is 14.4 Å². The summed E-state index contributed by atoms with van der Waals surface area (Å²) in [5.74, 6) is -0.784. The second-order valence-electron chi connectivity index (χ2n) is 6.54. The quantitative estimate of drug-likeness (QED) is 0.792. The molecule has 0 unspecified atom stereocenters. The van der Waals surface area contributed by atoms with Crippen molar-refractivity contribution in [2.45, 2.75) is 25.7 Å². The summed E-state index contributed by atoms with van der Waals surface area (Å²) in [7, 11) is 0. The molecule has 1 aromatic heterocycles. The number of thiazole rings is 1. The molecule has 1 aromatic carbocycles. The molecule has 27 heavy (non-hydrogen) atoms. The zero-order valence-corrected chi connectivity index (χ0v) is 15.7. The molecule has 0 bridgehead atoms. The molecular formula is C19H22N4O3S. The van der Waals surface area contributed by atoms with E-state index in [1.165, 1.54) is 11.3 Å². The summed E-state index contributed by atoms with van der Waals surface area (Å²) in [5.41, 5.74) is 6.73. The van der Waals surface area contributed by atoms with Crippen LogP contribution in [-0.4, -0.2) is 40.7 Å². The first-order valence-electron chi connectivity index (χ1n) is 8.91. The maximum absolute atomic E-state index is 12.5.